The molecule has 0 aliphatic heterocycles. The Bertz CT molecular complexity index is 673. The second-order valence-corrected chi connectivity index (χ2v) is 6.33. The van der Waals surface area contributed by atoms with Gasteiger partial charge in [-0.1, -0.05) is 11.8 Å². The molecule has 9 heteroatoms. The molecule has 0 unspecified atom stereocenters. The number of ether oxygens (including phenoxy) is 1. The highest BCUT2D eigenvalue weighted by atomic mass is 32.2. The number of hydrogen-bond acceptors (Lipinski definition) is 7. The largest absolute Gasteiger partial charge is 0.472 e. The van der Waals surface area contributed by atoms with Crippen LogP contribution in [0.1, 0.15) is 20.8 Å². The van der Waals surface area contributed by atoms with Crippen LogP contribution in [0.15, 0.2) is 28.2 Å². The number of rotatable bonds is 4. The first-order valence-corrected chi connectivity index (χ1v) is 7.39. The third-order valence-electron chi connectivity index (χ3n) is 2.33. The highest BCUT2D eigenvalue weighted by Gasteiger charge is 2.26. The van der Waals surface area contributed by atoms with Gasteiger partial charge < -0.3 is 14.9 Å². The number of amides is 1. The lowest BCUT2D eigenvalue weighted by Gasteiger charge is -2.20. The fourth-order valence-electron chi connectivity index (χ4n) is 1.55. The minimum Gasteiger partial charge on any atom is -0.472 e. The van der Waals surface area contributed by atoms with Crippen LogP contribution in [-0.4, -0.2) is 38.1 Å². The molecule has 1 amide bonds. The van der Waals surface area contributed by atoms with Crippen molar-refractivity contribution >= 4 is 23.8 Å². The summed E-state index contributed by atoms with van der Waals surface area (Å²) < 4.78 is 11.5. The van der Waals surface area contributed by atoms with Crippen LogP contribution in [0.3, 0.4) is 0 Å². The predicted octanol–water partition coefficient (Wildman–Crippen LogP) is 1.90. The molecule has 0 saturated heterocycles. The summed E-state index contributed by atoms with van der Waals surface area (Å²) in [4.78, 5) is 23.3. The number of aromatic nitrogens is 3. The van der Waals surface area contributed by atoms with Gasteiger partial charge in [0.15, 0.2) is 5.82 Å². The van der Waals surface area contributed by atoms with Gasteiger partial charge in [0.1, 0.15) is 11.9 Å². The van der Waals surface area contributed by atoms with Crippen molar-refractivity contribution < 1.29 is 18.7 Å². The molecule has 2 heterocycles. The summed E-state index contributed by atoms with van der Waals surface area (Å²) in [5, 5.41) is 8.11. The molecule has 0 fully saturated rings. The Morgan fingerprint density at radius 2 is 2.14 bits per heavy atom. The van der Waals surface area contributed by atoms with Gasteiger partial charge in [0, 0.05) is 0 Å². The van der Waals surface area contributed by atoms with Gasteiger partial charge in [-0.2, -0.15) is 0 Å². The molecule has 8 nitrogen and oxygen atoms in total. The summed E-state index contributed by atoms with van der Waals surface area (Å²) in [5.74, 6) is -0.268. The minimum atomic E-state index is -0.680. The van der Waals surface area contributed by atoms with Gasteiger partial charge in [0.2, 0.25) is 11.1 Å². The van der Waals surface area contributed by atoms with Gasteiger partial charge in [-0.05, 0) is 26.8 Å². The first-order valence-electron chi connectivity index (χ1n) is 6.40. The van der Waals surface area contributed by atoms with Crippen LogP contribution in [0.5, 0.6) is 0 Å². The maximum atomic E-state index is 12.4. The Balaban J connectivity index is 2.39. The molecule has 0 spiro atoms. The molecule has 2 aromatic rings. The number of hydrogen-bond donors (Lipinski definition) is 1. The second kappa shape index (κ2) is 6.22. The van der Waals surface area contributed by atoms with Crippen molar-refractivity contribution in [3.05, 3.63) is 18.6 Å². The number of carbonyl (C=O) groups is 2. The van der Waals surface area contributed by atoms with Gasteiger partial charge >= 0.3 is 6.09 Å². The van der Waals surface area contributed by atoms with E-state index in [-0.39, 0.29) is 16.7 Å². The van der Waals surface area contributed by atoms with Gasteiger partial charge in [-0.15, -0.1) is 10.2 Å². The van der Waals surface area contributed by atoms with Crippen LogP contribution in [0.25, 0.3) is 11.4 Å². The van der Waals surface area contributed by atoms with Crippen LogP contribution in [-0.2, 0) is 9.53 Å². The van der Waals surface area contributed by atoms with E-state index in [0.717, 1.165) is 11.8 Å². The molecule has 118 valence electrons. The smallest absolute Gasteiger partial charge is 0.422 e. The van der Waals surface area contributed by atoms with E-state index in [1.54, 1.807) is 26.8 Å². The minimum absolute atomic E-state index is 0.0215. The van der Waals surface area contributed by atoms with E-state index in [1.165, 1.54) is 17.1 Å². The molecule has 0 bridgehead atoms. The molecule has 2 rings (SSSR count). The van der Waals surface area contributed by atoms with Crippen molar-refractivity contribution in [1.82, 2.24) is 14.8 Å². The van der Waals surface area contributed by atoms with Crippen LogP contribution >= 0.6 is 11.8 Å². The lowest BCUT2D eigenvalue weighted by Crippen LogP contribution is -2.28. The number of thioether (sulfide) groups is 1. The SMILES string of the molecule is CC(C)(C)OC(=O)n1c(SCC(N)=O)nnc1-c1ccoc1. The number of primary amides is 1. The zero-order valence-electron chi connectivity index (χ0n) is 12.4. The monoisotopic (exact) mass is 324 g/mol. The van der Waals surface area contributed by atoms with Crippen LogP contribution in [0.2, 0.25) is 0 Å². The molecule has 0 aliphatic carbocycles. The summed E-state index contributed by atoms with van der Waals surface area (Å²) in [7, 11) is 0. The fourth-order valence-corrected chi connectivity index (χ4v) is 2.21. The maximum Gasteiger partial charge on any atom is 0.422 e. The lowest BCUT2D eigenvalue weighted by atomic mass is 10.2. The summed E-state index contributed by atoms with van der Waals surface area (Å²) in [5.41, 5.74) is 5.01. The molecule has 0 aromatic carbocycles. The van der Waals surface area contributed by atoms with E-state index in [0.29, 0.717) is 5.56 Å². The number of furan rings is 1. The highest BCUT2D eigenvalue weighted by Crippen LogP contribution is 2.25. The van der Waals surface area contributed by atoms with Gasteiger partial charge in [0.05, 0.1) is 17.6 Å². The average molecular weight is 324 g/mol. The van der Waals surface area contributed by atoms with Gasteiger partial charge in [0.25, 0.3) is 0 Å². The predicted molar refractivity (Wildman–Crippen MR) is 79.3 cm³/mol. The highest BCUT2D eigenvalue weighted by molar-refractivity contribution is 7.99. The topological polar surface area (TPSA) is 113 Å². The quantitative estimate of drug-likeness (QED) is 0.854. The third kappa shape index (κ3) is 3.88. The number of nitrogens with two attached hydrogens (primary N) is 1. The Morgan fingerprint density at radius 3 is 2.68 bits per heavy atom. The standard InChI is InChI=1S/C13H16N4O4S/c1-13(2,3)21-12(19)17-10(8-4-5-20-6-8)15-16-11(17)22-7-9(14)18/h4-6H,7H2,1-3H3,(H2,14,18). The zero-order valence-corrected chi connectivity index (χ0v) is 13.2. The molecular weight excluding hydrogens is 308 g/mol. The lowest BCUT2D eigenvalue weighted by molar-refractivity contribution is -0.115. The van der Waals surface area contributed by atoms with Gasteiger partial charge in [-0.3, -0.25) is 4.79 Å². The zero-order chi connectivity index (χ0) is 16.3. The summed E-state index contributed by atoms with van der Waals surface area (Å²) in [6.45, 7) is 5.26. The van der Waals surface area contributed by atoms with Crippen LogP contribution < -0.4 is 5.73 Å². The molecule has 2 aromatic heterocycles. The molecule has 0 atom stereocenters. The van der Waals surface area contributed by atoms with Crippen molar-refractivity contribution in [3.8, 4) is 11.4 Å². The Hall–Kier alpha value is -2.29. The molecule has 2 N–H and O–H groups in total. The van der Waals surface area contributed by atoms with Crippen molar-refractivity contribution in [2.24, 2.45) is 5.73 Å². The molecular formula is C13H16N4O4S. The number of carbonyl (C=O) groups excluding carboxylic acids is 2. The van der Waals surface area contributed by atoms with Crippen molar-refractivity contribution in [2.45, 2.75) is 31.5 Å². The van der Waals surface area contributed by atoms with E-state index in [1.807, 2.05) is 0 Å². The first-order chi connectivity index (χ1) is 10.3. The maximum absolute atomic E-state index is 12.4. The van der Waals surface area contributed by atoms with Crippen molar-refractivity contribution in [1.29, 1.82) is 0 Å². The Labute approximate surface area is 131 Å². The molecule has 0 saturated carbocycles. The number of nitrogens with zero attached hydrogens (tertiary/aromatic N) is 3. The third-order valence-corrected chi connectivity index (χ3v) is 3.28. The van der Waals surface area contributed by atoms with Crippen molar-refractivity contribution in [2.75, 3.05) is 5.75 Å². The van der Waals surface area contributed by atoms with Crippen LogP contribution in [0.4, 0.5) is 4.79 Å². The molecule has 22 heavy (non-hydrogen) atoms. The van der Waals surface area contributed by atoms with Gasteiger partial charge in [-0.25, -0.2) is 9.36 Å². The fraction of sp³-hybridized carbons (Fsp3) is 0.385. The van der Waals surface area contributed by atoms with Crippen molar-refractivity contribution in [3.63, 3.8) is 0 Å². The Kier molecular flexibility index (Phi) is 4.55. The second-order valence-electron chi connectivity index (χ2n) is 5.39. The molecule has 0 radical (unpaired) electrons. The van der Waals surface area contributed by atoms with E-state index in [9.17, 15) is 9.59 Å². The van der Waals surface area contributed by atoms with E-state index in [4.69, 9.17) is 14.9 Å². The first kappa shape index (κ1) is 16.1. The summed E-state index contributed by atoms with van der Waals surface area (Å²) in [6.07, 6.45) is 2.26. The van der Waals surface area contributed by atoms with E-state index < -0.39 is 17.6 Å². The Morgan fingerprint density at radius 1 is 1.41 bits per heavy atom. The summed E-state index contributed by atoms with van der Waals surface area (Å²) >= 11 is 1.01. The average Bonchev–Trinajstić information content (AvgIpc) is 3.02. The van der Waals surface area contributed by atoms with E-state index in [2.05, 4.69) is 10.2 Å². The molecule has 0 aliphatic rings. The normalized spacial score (nSPS) is 11.4. The summed E-state index contributed by atoms with van der Waals surface area (Å²) in [6, 6.07) is 1.65. The van der Waals surface area contributed by atoms with Crippen LogP contribution in [0, 0.1) is 0 Å². The van der Waals surface area contributed by atoms with E-state index >= 15 is 0 Å².